The summed E-state index contributed by atoms with van der Waals surface area (Å²) in [7, 11) is 0. The molecule has 2 heterocycles. The van der Waals surface area contributed by atoms with Crippen LogP contribution in [0.3, 0.4) is 0 Å². The summed E-state index contributed by atoms with van der Waals surface area (Å²) in [5, 5.41) is 4.95. The zero-order valence-corrected chi connectivity index (χ0v) is 11.2. The number of carbonyl (C=O) groups excluding carboxylic acids is 3. The average molecular weight is 282 g/mol. The Morgan fingerprint density at radius 2 is 2.32 bits per heavy atom. The number of ether oxygens (including phenoxy) is 1. The summed E-state index contributed by atoms with van der Waals surface area (Å²) in [5.74, 6) is -0.684. The standard InChI is InChI=1S/C12H14N2O4S/c1-2-18-10(15)6-5-8-11(16)14(12(17)13-8)9-4-3-7-19-9/h3-4,7-8H,2,5-6H2,1H3,(H,13,17). The van der Waals surface area contributed by atoms with Crippen molar-refractivity contribution in [3.8, 4) is 0 Å². The minimum Gasteiger partial charge on any atom is -0.466 e. The summed E-state index contributed by atoms with van der Waals surface area (Å²) in [6.45, 7) is 2.03. The molecule has 102 valence electrons. The maximum Gasteiger partial charge on any atom is 0.330 e. The molecule has 1 fully saturated rings. The van der Waals surface area contributed by atoms with Crippen LogP contribution in [0.2, 0.25) is 0 Å². The summed E-state index contributed by atoms with van der Waals surface area (Å²) in [6, 6.07) is 2.38. The Bertz CT molecular complexity index is 486. The Kier molecular flexibility index (Phi) is 4.16. The van der Waals surface area contributed by atoms with Crippen molar-refractivity contribution in [3.63, 3.8) is 0 Å². The smallest absolute Gasteiger partial charge is 0.330 e. The highest BCUT2D eigenvalue weighted by Gasteiger charge is 2.39. The fraction of sp³-hybridized carbons (Fsp3) is 0.417. The second kappa shape index (κ2) is 5.83. The van der Waals surface area contributed by atoms with Gasteiger partial charge in [-0.15, -0.1) is 11.3 Å². The highest BCUT2D eigenvalue weighted by Crippen LogP contribution is 2.25. The minimum absolute atomic E-state index is 0.114. The number of carbonyl (C=O) groups is 3. The van der Waals surface area contributed by atoms with E-state index in [1.807, 2.05) is 0 Å². The van der Waals surface area contributed by atoms with E-state index in [1.165, 1.54) is 11.3 Å². The Labute approximate surface area is 114 Å². The number of hydrogen-bond donors (Lipinski definition) is 1. The third-order valence-corrected chi connectivity index (χ3v) is 3.54. The number of urea groups is 1. The number of nitrogens with one attached hydrogen (secondary N) is 1. The molecule has 19 heavy (non-hydrogen) atoms. The van der Waals surface area contributed by atoms with Crippen LogP contribution in [0.4, 0.5) is 9.80 Å². The van der Waals surface area contributed by atoms with Crippen molar-refractivity contribution in [2.75, 3.05) is 11.5 Å². The largest absolute Gasteiger partial charge is 0.466 e. The van der Waals surface area contributed by atoms with E-state index in [0.29, 0.717) is 11.6 Å². The monoisotopic (exact) mass is 282 g/mol. The van der Waals surface area contributed by atoms with Crippen LogP contribution in [-0.2, 0) is 14.3 Å². The molecule has 0 aromatic carbocycles. The number of esters is 1. The van der Waals surface area contributed by atoms with Crippen molar-refractivity contribution in [3.05, 3.63) is 17.5 Å². The van der Waals surface area contributed by atoms with Crippen molar-refractivity contribution >= 4 is 34.2 Å². The van der Waals surface area contributed by atoms with E-state index in [-0.39, 0.29) is 24.7 Å². The van der Waals surface area contributed by atoms with E-state index >= 15 is 0 Å². The highest BCUT2D eigenvalue weighted by atomic mass is 32.1. The molecule has 1 aromatic rings. The maximum absolute atomic E-state index is 12.1. The molecule has 3 amide bonds. The van der Waals surface area contributed by atoms with Crippen LogP contribution >= 0.6 is 11.3 Å². The molecule has 0 saturated carbocycles. The third kappa shape index (κ3) is 2.93. The zero-order valence-electron chi connectivity index (χ0n) is 10.4. The zero-order chi connectivity index (χ0) is 13.8. The number of hydrogen-bond acceptors (Lipinski definition) is 5. The number of nitrogens with zero attached hydrogens (tertiary/aromatic N) is 1. The van der Waals surface area contributed by atoms with Gasteiger partial charge >= 0.3 is 12.0 Å². The molecule has 1 unspecified atom stereocenters. The maximum atomic E-state index is 12.1. The molecule has 1 saturated heterocycles. The van der Waals surface area contributed by atoms with Gasteiger partial charge in [0.2, 0.25) is 0 Å². The molecule has 0 bridgehead atoms. The molecule has 2 rings (SSSR count). The van der Waals surface area contributed by atoms with Crippen LogP contribution in [0.15, 0.2) is 17.5 Å². The lowest BCUT2D eigenvalue weighted by atomic mass is 10.1. The highest BCUT2D eigenvalue weighted by molar-refractivity contribution is 7.14. The second-order valence-electron chi connectivity index (χ2n) is 3.97. The molecule has 7 heteroatoms. The van der Waals surface area contributed by atoms with Crippen molar-refractivity contribution in [1.29, 1.82) is 0 Å². The summed E-state index contributed by atoms with van der Waals surface area (Å²) in [5.41, 5.74) is 0. The van der Waals surface area contributed by atoms with E-state index in [9.17, 15) is 14.4 Å². The van der Waals surface area contributed by atoms with Crippen LogP contribution in [0.25, 0.3) is 0 Å². The number of amides is 3. The molecule has 1 aliphatic heterocycles. The Balaban J connectivity index is 1.97. The Morgan fingerprint density at radius 3 is 2.95 bits per heavy atom. The predicted molar refractivity (Wildman–Crippen MR) is 70.0 cm³/mol. The summed E-state index contributed by atoms with van der Waals surface area (Å²) in [6.07, 6.45) is 0.369. The summed E-state index contributed by atoms with van der Waals surface area (Å²) >= 11 is 1.31. The van der Waals surface area contributed by atoms with Crippen molar-refractivity contribution in [2.45, 2.75) is 25.8 Å². The lowest BCUT2D eigenvalue weighted by Crippen LogP contribution is -2.31. The van der Waals surface area contributed by atoms with Crippen molar-refractivity contribution < 1.29 is 19.1 Å². The number of rotatable bonds is 5. The van der Waals surface area contributed by atoms with E-state index < -0.39 is 12.1 Å². The van der Waals surface area contributed by atoms with Gasteiger partial charge in [0.1, 0.15) is 11.0 Å². The molecule has 1 N–H and O–H groups in total. The molecule has 1 aliphatic rings. The topological polar surface area (TPSA) is 75.7 Å². The molecular formula is C12H14N2O4S. The van der Waals surface area contributed by atoms with Crippen LogP contribution in [0.1, 0.15) is 19.8 Å². The van der Waals surface area contributed by atoms with Gasteiger partial charge in [-0.3, -0.25) is 9.59 Å². The number of imide groups is 1. The average Bonchev–Trinajstić information content (AvgIpc) is 2.96. The van der Waals surface area contributed by atoms with Gasteiger partial charge < -0.3 is 10.1 Å². The molecule has 0 radical (unpaired) electrons. The van der Waals surface area contributed by atoms with Crippen LogP contribution in [0, 0.1) is 0 Å². The summed E-state index contributed by atoms with van der Waals surface area (Å²) in [4.78, 5) is 36.2. The lowest BCUT2D eigenvalue weighted by molar-refractivity contribution is -0.143. The first-order valence-corrected chi connectivity index (χ1v) is 6.85. The van der Waals surface area contributed by atoms with Gasteiger partial charge in [-0.2, -0.15) is 0 Å². The Morgan fingerprint density at radius 1 is 1.53 bits per heavy atom. The fourth-order valence-corrected chi connectivity index (χ4v) is 2.56. The van der Waals surface area contributed by atoms with Crippen molar-refractivity contribution in [2.24, 2.45) is 0 Å². The van der Waals surface area contributed by atoms with Gasteiger partial charge in [-0.25, -0.2) is 9.69 Å². The third-order valence-electron chi connectivity index (χ3n) is 2.69. The molecule has 0 aliphatic carbocycles. The SMILES string of the molecule is CCOC(=O)CCC1NC(=O)N(c2cccs2)C1=O. The van der Waals surface area contributed by atoms with E-state index in [2.05, 4.69) is 5.32 Å². The van der Waals surface area contributed by atoms with Crippen molar-refractivity contribution in [1.82, 2.24) is 5.32 Å². The minimum atomic E-state index is -0.654. The molecule has 0 spiro atoms. The summed E-state index contributed by atoms with van der Waals surface area (Å²) < 4.78 is 4.79. The number of anilines is 1. The van der Waals surface area contributed by atoms with E-state index in [0.717, 1.165) is 4.90 Å². The van der Waals surface area contributed by atoms with Gasteiger partial charge in [0.25, 0.3) is 5.91 Å². The van der Waals surface area contributed by atoms with Gasteiger partial charge in [-0.05, 0) is 30.9 Å². The molecule has 1 atom stereocenters. The van der Waals surface area contributed by atoms with Gasteiger partial charge in [0.15, 0.2) is 0 Å². The first kappa shape index (κ1) is 13.5. The molecular weight excluding hydrogens is 268 g/mol. The number of thiophene rings is 1. The van der Waals surface area contributed by atoms with Gasteiger partial charge in [0, 0.05) is 6.42 Å². The van der Waals surface area contributed by atoms with Gasteiger partial charge in [-0.1, -0.05) is 0 Å². The second-order valence-corrected chi connectivity index (χ2v) is 4.90. The lowest BCUT2D eigenvalue weighted by Gasteiger charge is -2.10. The predicted octanol–water partition coefficient (Wildman–Crippen LogP) is 1.52. The van der Waals surface area contributed by atoms with E-state index in [1.54, 1.807) is 24.4 Å². The molecule has 1 aromatic heterocycles. The quantitative estimate of drug-likeness (QED) is 0.656. The van der Waals surface area contributed by atoms with E-state index in [4.69, 9.17) is 4.74 Å². The van der Waals surface area contributed by atoms with Gasteiger partial charge in [0.05, 0.1) is 6.61 Å². The van der Waals surface area contributed by atoms with Crippen LogP contribution < -0.4 is 10.2 Å². The van der Waals surface area contributed by atoms with Crippen LogP contribution in [-0.4, -0.2) is 30.6 Å². The normalized spacial score (nSPS) is 18.6. The first-order chi connectivity index (χ1) is 9.13. The fourth-order valence-electron chi connectivity index (χ4n) is 1.83. The molecule has 6 nitrogen and oxygen atoms in total. The Hall–Kier alpha value is -1.89. The van der Waals surface area contributed by atoms with Crippen LogP contribution in [0.5, 0.6) is 0 Å². The first-order valence-electron chi connectivity index (χ1n) is 5.97.